The molecule has 0 amide bonds. The van der Waals surface area contributed by atoms with Crippen LogP contribution in [0, 0.1) is 0 Å². The van der Waals surface area contributed by atoms with Gasteiger partial charge in [0.15, 0.2) is 11.5 Å². The molecule has 0 spiro atoms. The van der Waals surface area contributed by atoms with E-state index in [1.807, 2.05) is 18.2 Å². The molecule has 0 aliphatic heterocycles. The molecule has 1 rings (SSSR count). The average molecular weight is 206 g/mol. The molecule has 0 radical (unpaired) electrons. The second-order valence-corrected chi connectivity index (χ2v) is 2.82. The van der Waals surface area contributed by atoms with Gasteiger partial charge in [0.05, 0.1) is 14.2 Å². The third-order valence-corrected chi connectivity index (χ3v) is 1.86. The fourth-order valence-corrected chi connectivity index (χ4v) is 1.17. The van der Waals surface area contributed by atoms with Crippen molar-refractivity contribution in [3.63, 3.8) is 0 Å². The van der Waals surface area contributed by atoms with E-state index in [1.54, 1.807) is 14.2 Å². The lowest BCUT2D eigenvalue weighted by Crippen LogP contribution is -1.93. The first-order chi connectivity index (χ1) is 7.31. The molecule has 80 valence electrons. The number of rotatable bonds is 5. The van der Waals surface area contributed by atoms with Crippen LogP contribution >= 0.6 is 0 Å². The zero-order chi connectivity index (χ0) is 11.1. The highest BCUT2D eigenvalue weighted by Crippen LogP contribution is 2.27. The molecule has 0 saturated carbocycles. The highest BCUT2D eigenvalue weighted by atomic mass is 16.5. The van der Waals surface area contributed by atoms with E-state index < -0.39 is 0 Å². The monoisotopic (exact) mass is 206 g/mol. The van der Waals surface area contributed by atoms with Crippen LogP contribution in [-0.4, -0.2) is 14.2 Å². The zero-order valence-corrected chi connectivity index (χ0v) is 8.95. The largest absolute Gasteiger partial charge is 0.493 e. The number of methoxy groups -OCH3 is 2. The third-order valence-electron chi connectivity index (χ3n) is 1.86. The van der Waals surface area contributed by atoms with Crippen molar-refractivity contribution in [2.45, 2.75) is 6.61 Å². The van der Waals surface area contributed by atoms with Gasteiger partial charge in [0.25, 0.3) is 0 Å². The number of ether oxygens (including phenoxy) is 3. The number of hydrogen-bond donors (Lipinski definition) is 0. The van der Waals surface area contributed by atoms with E-state index in [1.165, 1.54) is 6.26 Å². The molecule has 15 heavy (non-hydrogen) atoms. The Hall–Kier alpha value is -1.86. The molecule has 0 fully saturated rings. The van der Waals surface area contributed by atoms with Gasteiger partial charge in [0.1, 0.15) is 12.9 Å². The molecule has 0 aliphatic rings. The van der Waals surface area contributed by atoms with Crippen LogP contribution in [0.3, 0.4) is 0 Å². The molecule has 0 atom stereocenters. The van der Waals surface area contributed by atoms with Gasteiger partial charge in [-0.3, -0.25) is 0 Å². The molecule has 0 unspecified atom stereocenters. The summed E-state index contributed by atoms with van der Waals surface area (Å²) in [6, 6.07) is 5.63. The maximum absolute atomic E-state index is 5.16. The Balaban J connectivity index is 2.78. The fraction of sp³-hybridized carbons (Fsp3) is 0.250. The lowest BCUT2D eigenvalue weighted by Gasteiger charge is -2.08. The summed E-state index contributed by atoms with van der Waals surface area (Å²) in [5.74, 6) is 1.40. The van der Waals surface area contributed by atoms with Crippen molar-refractivity contribution < 1.29 is 14.2 Å². The Morgan fingerprint density at radius 1 is 1.27 bits per heavy atom. The van der Waals surface area contributed by atoms with Crippen molar-refractivity contribution in [2.75, 3.05) is 14.2 Å². The third kappa shape index (κ3) is 3.08. The van der Waals surface area contributed by atoms with E-state index in [2.05, 4.69) is 12.3 Å². The first-order valence-corrected chi connectivity index (χ1v) is 4.48. The fourth-order valence-electron chi connectivity index (χ4n) is 1.17. The first-order valence-electron chi connectivity index (χ1n) is 4.48. The predicted octanol–water partition coefficient (Wildman–Crippen LogP) is 2.52. The minimum atomic E-state index is 0.461. The maximum atomic E-state index is 5.16. The molecule has 3 heteroatoms. The molecule has 0 heterocycles. The lowest BCUT2D eigenvalue weighted by molar-refractivity contribution is 0.236. The van der Waals surface area contributed by atoms with Crippen LogP contribution < -0.4 is 9.47 Å². The van der Waals surface area contributed by atoms with Gasteiger partial charge >= 0.3 is 0 Å². The summed E-state index contributed by atoms with van der Waals surface area (Å²) in [5.41, 5.74) is 3.54. The van der Waals surface area contributed by atoms with Crippen molar-refractivity contribution in [3.8, 4) is 11.5 Å². The van der Waals surface area contributed by atoms with Crippen LogP contribution in [-0.2, 0) is 11.3 Å². The summed E-state index contributed by atoms with van der Waals surface area (Å²) in [5, 5.41) is 0. The Morgan fingerprint density at radius 2 is 2.00 bits per heavy atom. The summed E-state index contributed by atoms with van der Waals surface area (Å²) in [6.07, 6.45) is 1.43. The maximum Gasteiger partial charge on any atom is 0.161 e. The summed E-state index contributed by atoms with van der Waals surface area (Å²) < 4.78 is 15.4. The lowest BCUT2D eigenvalue weighted by atomic mass is 10.2. The van der Waals surface area contributed by atoms with Gasteiger partial charge < -0.3 is 14.2 Å². The second-order valence-electron chi connectivity index (χ2n) is 2.82. The van der Waals surface area contributed by atoms with Crippen molar-refractivity contribution in [2.24, 2.45) is 0 Å². The van der Waals surface area contributed by atoms with E-state index in [-0.39, 0.29) is 0 Å². The van der Waals surface area contributed by atoms with Gasteiger partial charge in [-0.25, -0.2) is 0 Å². The summed E-state index contributed by atoms with van der Waals surface area (Å²) in [4.78, 5) is 0. The van der Waals surface area contributed by atoms with Gasteiger partial charge in [-0.2, -0.15) is 0 Å². The quantitative estimate of drug-likeness (QED) is 0.547. The molecule has 1 aromatic carbocycles. The van der Waals surface area contributed by atoms with Gasteiger partial charge in [-0.05, 0) is 17.7 Å². The van der Waals surface area contributed by atoms with Crippen molar-refractivity contribution >= 4 is 0 Å². The molecule has 0 saturated heterocycles. The summed E-state index contributed by atoms with van der Waals surface area (Å²) >= 11 is 0. The Kier molecular flexibility index (Phi) is 4.32. The number of hydrogen-bond acceptors (Lipinski definition) is 3. The minimum absolute atomic E-state index is 0.461. The van der Waals surface area contributed by atoms with Crippen LogP contribution in [0.4, 0.5) is 0 Å². The molecule has 0 N–H and O–H groups in total. The zero-order valence-electron chi connectivity index (χ0n) is 8.95. The van der Waals surface area contributed by atoms with Crippen LogP contribution in [0.25, 0.3) is 0 Å². The van der Waals surface area contributed by atoms with E-state index in [0.717, 1.165) is 5.56 Å². The minimum Gasteiger partial charge on any atom is -0.493 e. The number of benzene rings is 1. The SMILES string of the molecule is C=C=COCc1ccc(OC)c(OC)c1. The molecule has 1 aromatic rings. The standard InChI is InChI=1S/C12H14O3/c1-4-7-15-9-10-5-6-11(13-2)12(8-10)14-3/h5-8H,1,9H2,2-3H3. The second kappa shape index (κ2) is 5.78. The van der Waals surface area contributed by atoms with Crippen LogP contribution in [0.15, 0.2) is 36.8 Å². The summed E-state index contributed by atoms with van der Waals surface area (Å²) in [6.45, 7) is 3.86. The van der Waals surface area contributed by atoms with Crippen LogP contribution in [0.5, 0.6) is 11.5 Å². The highest BCUT2D eigenvalue weighted by molar-refractivity contribution is 5.42. The Morgan fingerprint density at radius 3 is 2.60 bits per heavy atom. The normalized spacial score (nSPS) is 8.93. The Labute approximate surface area is 89.6 Å². The van der Waals surface area contributed by atoms with Gasteiger partial charge in [-0.15, -0.1) is 0 Å². The van der Waals surface area contributed by atoms with Gasteiger partial charge in [0.2, 0.25) is 0 Å². The van der Waals surface area contributed by atoms with Gasteiger partial charge in [0, 0.05) is 0 Å². The van der Waals surface area contributed by atoms with Crippen molar-refractivity contribution in [1.29, 1.82) is 0 Å². The first kappa shape index (κ1) is 11.2. The molecular formula is C12H14O3. The molecule has 0 bridgehead atoms. The van der Waals surface area contributed by atoms with Gasteiger partial charge in [-0.1, -0.05) is 18.4 Å². The van der Waals surface area contributed by atoms with E-state index in [4.69, 9.17) is 14.2 Å². The average Bonchev–Trinajstić information content (AvgIpc) is 2.29. The molecule has 0 aromatic heterocycles. The van der Waals surface area contributed by atoms with Crippen molar-refractivity contribution in [3.05, 3.63) is 42.3 Å². The summed E-state index contributed by atoms with van der Waals surface area (Å²) in [7, 11) is 3.21. The highest BCUT2D eigenvalue weighted by Gasteiger charge is 2.03. The smallest absolute Gasteiger partial charge is 0.161 e. The molecule has 3 nitrogen and oxygen atoms in total. The topological polar surface area (TPSA) is 27.7 Å². The van der Waals surface area contributed by atoms with E-state index >= 15 is 0 Å². The van der Waals surface area contributed by atoms with E-state index in [9.17, 15) is 0 Å². The predicted molar refractivity (Wildman–Crippen MR) is 58.0 cm³/mol. The van der Waals surface area contributed by atoms with Crippen molar-refractivity contribution in [1.82, 2.24) is 0 Å². The molecular weight excluding hydrogens is 192 g/mol. The Bertz CT molecular complexity index is 365. The molecule has 0 aliphatic carbocycles. The van der Waals surface area contributed by atoms with E-state index in [0.29, 0.717) is 18.1 Å². The van der Waals surface area contributed by atoms with Crippen LogP contribution in [0.2, 0.25) is 0 Å². The van der Waals surface area contributed by atoms with Crippen LogP contribution in [0.1, 0.15) is 5.56 Å².